The molecule has 0 saturated heterocycles. The topological polar surface area (TPSA) is 63.4 Å². The van der Waals surface area contributed by atoms with Crippen LogP contribution in [0.25, 0.3) is 0 Å². The Morgan fingerprint density at radius 1 is 1.20 bits per heavy atom. The van der Waals surface area contributed by atoms with Crippen molar-refractivity contribution >= 4 is 28.5 Å². The summed E-state index contributed by atoms with van der Waals surface area (Å²) < 4.78 is 0. The lowest BCUT2D eigenvalue weighted by molar-refractivity contribution is -0.131. The van der Waals surface area contributed by atoms with Gasteiger partial charge in [-0.15, -0.1) is 17.0 Å². The lowest BCUT2D eigenvalue weighted by atomic mass is 9.99. The van der Waals surface area contributed by atoms with Crippen molar-refractivity contribution < 1.29 is 9.59 Å². The molecule has 0 aromatic carbocycles. The number of hydrogen-bond acceptors (Lipinski definition) is 4. The summed E-state index contributed by atoms with van der Waals surface area (Å²) in [7, 11) is 3.88. The second-order valence-electron chi connectivity index (χ2n) is 3.55. The third-order valence-electron chi connectivity index (χ3n) is 2.03. The van der Waals surface area contributed by atoms with Crippen molar-refractivity contribution in [2.75, 3.05) is 20.6 Å². The van der Waals surface area contributed by atoms with Crippen molar-refractivity contribution in [2.24, 2.45) is 5.73 Å². The van der Waals surface area contributed by atoms with Gasteiger partial charge in [0.25, 0.3) is 0 Å². The van der Waals surface area contributed by atoms with Gasteiger partial charge in [-0.3, -0.25) is 9.59 Å². The molecule has 0 aliphatic heterocycles. The minimum Gasteiger partial charge on any atom is -0.398 e. The van der Waals surface area contributed by atoms with E-state index in [1.807, 2.05) is 19.0 Å². The van der Waals surface area contributed by atoms with Crippen LogP contribution in [0.2, 0.25) is 0 Å². The molecule has 1 rings (SSSR count). The zero-order valence-corrected chi connectivity index (χ0v) is 10.5. The fourth-order valence-electron chi connectivity index (χ4n) is 1.18. The second-order valence-corrected chi connectivity index (χ2v) is 3.55. The first-order chi connectivity index (χ1) is 6.50. The van der Waals surface area contributed by atoms with E-state index in [4.69, 9.17) is 5.73 Å². The summed E-state index contributed by atoms with van der Waals surface area (Å²) in [5.74, 6) is -1.01. The van der Waals surface area contributed by atoms with E-state index < -0.39 is 11.6 Å². The SMILES string of the molecule is Br.CN(C)CCC1=CC(=O)C(=O)C=C1N. The molecule has 0 atom stereocenters. The molecule has 1 aliphatic rings. The second kappa shape index (κ2) is 5.82. The van der Waals surface area contributed by atoms with Crippen LogP contribution in [0, 0.1) is 0 Å². The number of rotatable bonds is 3. The predicted octanol–water partition coefficient (Wildman–Crippen LogP) is 0.437. The van der Waals surface area contributed by atoms with Gasteiger partial charge >= 0.3 is 0 Å². The first-order valence-corrected chi connectivity index (χ1v) is 4.42. The van der Waals surface area contributed by atoms with Crippen molar-refractivity contribution in [1.82, 2.24) is 4.90 Å². The van der Waals surface area contributed by atoms with Gasteiger partial charge in [0.15, 0.2) is 0 Å². The molecule has 0 bridgehead atoms. The zero-order chi connectivity index (χ0) is 10.7. The summed E-state index contributed by atoms with van der Waals surface area (Å²) in [5, 5.41) is 0. The van der Waals surface area contributed by atoms with Gasteiger partial charge in [0.05, 0.1) is 0 Å². The van der Waals surface area contributed by atoms with Gasteiger partial charge < -0.3 is 10.6 Å². The minimum atomic E-state index is -0.531. The monoisotopic (exact) mass is 274 g/mol. The molecule has 2 N–H and O–H groups in total. The highest BCUT2D eigenvalue weighted by Gasteiger charge is 2.17. The van der Waals surface area contributed by atoms with Crippen molar-refractivity contribution in [3.05, 3.63) is 23.4 Å². The number of hydrogen-bond donors (Lipinski definition) is 1. The smallest absolute Gasteiger partial charge is 0.227 e. The maximum atomic E-state index is 11.1. The number of carbonyl (C=O) groups is 2. The Hall–Kier alpha value is -0.940. The molecular weight excluding hydrogens is 260 g/mol. The van der Waals surface area contributed by atoms with Crippen molar-refractivity contribution in [1.29, 1.82) is 0 Å². The summed E-state index contributed by atoms with van der Waals surface area (Å²) in [6.45, 7) is 0.807. The number of ketones is 2. The molecule has 0 amide bonds. The highest BCUT2D eigenvalue weighted by atomic mass is 79.9. The molecule has 0 heterocycles. The van der Waals surface area contributed by atoms with E-state index in [1.165, 1.54) is 12.2 Å². The predicted molar refractivity (Wildman–Crippen MR) is 63.9 cm³/mol. The number of nitrogens with two attached hydrogens (primary N) is 1. The molecule has 0 aromatic heterocycles. The standard InChI is InChI=1S/C10H14N2O2.BrH/c1-12(2)4-3-7-5-9(13)10(14)6-8(7)11;/h5-6H,3-4,11H2,1-2H3;1H. The molecular formula is C10H15BrN2O2. The van der Waals surface area contributed by atoms with E-state index in [9.17, 15) is 9.59 Å². The van der Waals surface area contributed by atoms with Gasteiger partial charge in [-0.2, -0.15) is 0 Å². The molecule has 0 spiro atoms. The molecule has 4 nitrogen and oxygen atoms in total. The third kappa shape index (κ3) is 3.97. The molecule has 84 valence electrons. The number of nitrogens with zero attached hydrogens (tertiary/aromatic N) is 1. The van der Waals surface area contributed by atoms with E-state index >= 15 is 0 Å². The van der Waals surface area contributed by atoms with Gasteiger partial charge in [-0.25, -0.2) is 0 Å². The Balaban J connectivity index is 0.00000196. The number of allylic oxidation sites excluding steroid dienone is 3. The summed E-state index contributed by atoms with van der Waals surface area (Å²) in [5.41, 5.74) is 6.79. The molecule has 0 unspecified atom stereocenters. The van der Waals surface area contributed by atoms with E-state index in [-0.39, 0.29) is 17.0 Å². The Kier molecular flexibility index (Phi) is 5.46. The van der Waals surface area contributed by atoms with Gasteiger partial charge in [-0.05, 0) is 32.2 Å². The fourth-order valence-corrected chi connectivity index (χ4v) is 1.18. The molecule has 15 heavy (non-hydrogen) atoms. The Bertz CT molecular complexity index is 332. The maximum absolute atomic E-state index is 11.1. The van der Waals surface area contributed by atoms with Crippen LogP contribution in [-0.2, 0) is 9.59 Å². The normalized spacial score (nSPS) is 15.9. The Morgan fingerprint density at radius 2 is 1.73 bits per heavy atom. The largest absolute Gasteiger partial charge is 0.398 e. The highest BCUT2D eigenvalue weighted by molar-refractivity contribution is 8.93. The average molecular weight is 275 g/mol. The molecule has 0 saturated carbocycles. The lowest BCUT2D eigenvalue weighted by Crippen LogP contribution is -2.21. The van der Waals surface area contributed by atoms with Crippen molar-refractivity contribution in [3.8, 4) is 0 Å². The van der Waals surface area contributed by atoms with Crippen LogP contribution in [0.3, 0.4) is 0 Å². The first kappa shape index (κ1) is 14.1. The molecule has 0 radical (unpaired) electrons. The molecule has 0 fully saturated rings. The van der Waals surface area contributed by atoms with Crippen LogP contribution in [0.5, 0.6) is 0 Å². The first-order valence-electron chi connectivity index (χ1n) is 4.42. The Labute approximate surface area is 99.6 Å². The number of halogens is 1. The van der Waals surface area contributed by atoms with Crippen LogP contribution in [0.15, 0.2) is 23.4 Å². The maximum Gasteiger partial charge on any atom is 0.227 e. The van der Waals surface area contributed by atoms with E-state index in [1.54, 1.807) is 0 Å². The van der Waals surface area contributed by atoms with Gasteiger partial charge in [0, 0.05) is 18.3 Å². The average Bonchev–Trinajstić information content (AvgIpc) is 2.09. The fraction of sp³-hybridized carbons (Fsp3) is 0.400. The number of carbonyl (C=O) groups excluding carboxylic acids is 2. The molecule has 5 heteroatoms. The van der Waals surface area contributed by atoms with Gasteiger partial charge in [-0.1, -0.05) is 0 Å². The Morgan fingerprint density at radius 3 is 2.27 bits per heavy atom. The summed E-state index contributed by atoms with van der Waals surface area (Å²) >= 11 is 0. The highest BCUT2D eigenvalue weighted by Crippen LogP contribution is 2.14. The zero-order valence-electron chi connectivity index (χ0n) is 8.82. The minimum absolute atomic E-state index is 0. The van der Waals surface area contributed by atoms with Crippen LogP contribution < -0.4 is 5.73 Å². The summed E-state index contributed by atoms with van der Waals surface area (Å²) in [4.78, 5) is 24.0. The van der Waals surface area contributed by atoms with Crippen LogP contribution >= 0.6 is 17.0 Å². The van der Waals surface area contributed by atoms with E-state index in [0.29, 0.717) is 12.1 Å². The third-order valence-corrected chi connectivity index (χ3v) is 2.03. The molecule has 0 aromatic rings. The van der Waals surface area contributed by atoms with Crippen molar-refractivity contribution in [2.45, 2.75) is 6.42 Å². The van der Waals surface area contributed by atoms with E-state index in [0.717, 1.165) is 12.1 Å². The van der Waals surface area contributed by atoms with Gasteiger partial charge in [0.2, 0.25) is 11.6 Å². The van der Waals surface area contributed by atoms with E-state index in [2.05, 4.69) is 0 Å². The summed E-state index contributed by atoms with van der Waals surface area (Å²) in [6.07, 6.45) is 3.23. The quantitative estimate of drug-likeness (QED) is 0.599. The van der Waals surface area contributed by atoms with Crippen LogP contribution in [0.4, 0.5) is 0 Å². The van der Waals surface area contributed by atoms with Gasteiger partial charge in [0.1, 0.15) is 0 Å². The van der Waals surface area contributed by atoms with Crippen LogP contribution in [-0.4, -0.2) is 37.1 Å². The van der Waals surface area contributed by atoms with Crippen molar-refractivity contribution in [3.63, 3.8) is 0 Å². The van der Waals surface area contributed by atoms with Crippen LogP contribution in [0.1, 0.15) is 6.42 Å². The summed E-state index contributed by atoms with van der Waals surface area (Å²) in [6, 6.07) is 0. The lowest BCUT2D eigenvalue weighted by Gasteiger charge is -2.14. The molecule has 1 aliphatic carbocycles.